The predicted octanol–water partition coefficient (Wildman–Crippen LogP) is 3.33. The number of phenolic OH excluding ortho intramolecular Hbond substituents is 1. The molecule has 0 saturated heterocycles. The largest absolute Gasteiger partial charge is 0.508 e. The molecule has 2 heterocycles. The Hall–Kier alpha value is -1.94. The molecule has 1 aromatic carbocycles. The van der Waals surface area contributed by atoms with E-state index in [-0.39, 0.29) is 0 Å². The monoisotopic (exact) mass is 256 g/mol. The van der Waals surface area contributed by atoms with E-state index in [1.54, 1.807) is 23.9 Å². The molecule has 18 heavy (non-hydrogen) atoms. The van der Waals surface area contributed by atoms with Crippen LogP contribution in [-0.2, 0) is 5.75 Å². The van der Waals surface area contributed by atoms with Crippen LogP contribution in [0, 0.1) is 0 Å². The summed E-state index contributed by atoms with van der Waals surface area (Å²) in [5.74, 6) is 1.10. The zero-order valence-electron chi connectivity index (χ0n) is 9.65. The summed E-state index contributed by atoms with van der Waals surface area (Å²) < 4.78 is 2.01. The van der Waals surface area contributed by atoms with Crippen LogP contribution in [0.3, 0.4) is 0 Å². The fourth-order valence-corrected chi connectivity index (χ4v) is 2.62. The van der Waals surface area contributed by atoms with Crippen LogP contribution >= 0.6 is 11.8 Å². The van der Waals surface area contributed by atoms with E-state index in [0.717, 1.165) is 22.0 Å². The van der Waals surface area contributed by atoms with E-state index in [1.807, 2.05) is 47.1 Å². The summed E-state index contributed by atoms with van der Waals surface area (Å²) in [5.41, 5.74) is 2.00. The van der Waals surface area contributed by atoms with Gasteiger partial charge in [-0.25, -0.2) is 4.98 Å². The number of rotatable bonds is 3. The van der Waals surface area contributed by atoms with Crippen molar-refractivity contribution in [3.05, 3.63) is 60.6 Å². The van der Waals surface area contributed by atoms with E-state index in [9.17, 15) is 5.11 Å². The van der Waals surface area contributed by atoms with Crippen molar-refractivity contribution < 1.29 is 5.11 Å². The summed E-state index contributed by atoms with van der Waals surface area (Å²) in [6, 6.07) is 13.2. The molecule has 3 rings (SSSR count). The number of thioether (sulfide) groups is 1. The predicted molar refractivity (Wildman–Crippen MR) is 72.9 cm³/mol. The van der Waals surface area contributed by atoms with Crippen LogP contribution in [0.5, 0.6) is 5.75 Å². The fraction of sp³-hybridized carbons (Fsp3) is 0.0714. The summed E-state index contributed by atoms with van der Waals surface area (Å²) >= 11 is 1.67. The second-order valence-electron chi connectivity index (χ2n) is 3.98. The van der Waals surface area contributed by atoms with Gasteiger partial charge in [0.25, 0.3) is 0 Å². The minimum atomic E-state index is 0.301. The van der Waals surface area contributed by atoms with Gasteiger partial charge < -0.3 is 9.51 Å². The molecule has 90 valence electrons. The first-order valence-electron chi connectivity index (χ1n) is 5.66. The van der Waals surface area contributed by atoms with Gasteiger partial charge in [-0.15, -0.1) is 11.8 Å². The van der Waals surface area contributed by atoms with Gasteiger partial charge >= 0.3 is 0 Å². The Morgan fingerprint density at radius 3 is 2.94 bits per heavy atom. The number of hydrogen-bond donors (Lipinski definition) is 1. The van der Waals surface area contributed by atoms with Gasteiger partial charge in [-0.05, 0) is 30.3 Å². The minimum Gasteiger partial charge on any atom is -0.508 e. The highest BCUT2D eigenvalue weighted by molar-refractivity contribution is 7.98. The maximum Gasteiger partial charge on any atom is 0.137 e. The maximum absolute atomic E-state index is 9.39. The Morgan fingerprint density at radius 2 is 2.11 bits per heavy atom. The molecular weight excluding hydrogens is 244 g/mol. The molecule has 1 N–H and O–H groups in total. The average molecular weight is 256 g/mol. The standard InChI is InChI=1S/C14H12N2OS/c17-12-4-3-5-13(8-12)18-10-11-9-16-7-2-1-6-14(16)15-11/h1-9,17H,10H2. The lowest BCUT2D eigenvalue weighted by molar-refractivity contribution is 0.474. The molecule has 0 atom stereocenters. The highest BCUT2D eigenvalue weighted by atomic mass is 32.2. The van der Waals surface area contributed by atoms with E-state index in [2.05, 4.69) is 4.98 Å². The first kappa shape index (κ1) is 11.2. The van der Waals surface area contributed by atoms with E-state index in [4.69, 9.17) is 0 Å². The van der Waals surface area contributed by atoms with E-state index in [1.165, 1.54) is 0 Å². The summed E-state index contributed by atoms with van der Waals surface area (Å²) in [6.07, 6.45) is 4.02. The van der Waals surface area contributed by atoms with Crippen molar-refractivity contribution in [2.75, 3.05) is 0 Å². The molecule has 0 saturated carbocycles. The molecule has 3 aromatic rings. The number of aromatic hydroxyl groups is 1. The van der Waals surface area contributed by atoms with Crippen LogP contribution in [-0.4, -0.2) is 14.5 Å². The first-order chi connectivity index (χ1) is 8.81. The SMILES string of the molecule is Oc1cccc(SCc2cn3ccccc3n2)c1. The van der Waals surface area contributed by atoms with Crippen LogP contribution in [0.2, 0.25) is 0 Å². The molecule has 0 bridgehead atoms. The molecule has 0 unspecified atom stereocenters. The molecule has 0 radical (unpaired) electrons. The molecule has 3 nitrogen and oxygen atoms in total. The molecule has 0 fully saturated rings. The van der Waals surface area contributed by atoms with Gasteiger partial charge in [0.2, 0.25) is 0 Å². The lowest BCUT2D eigenvalue weighted by Crippen LogP contribution is -1.79. The number of phenols is 1. The summed E-state index contributed by atoms with van der Waals surface area (Å²) in [4.78, 5) is 5.58. The third-order valence-corrected chi connectivity index (χ3v) is 3.65. The zero-order chi connectivity index (χ0) is 12.4. The maximum atomic E-state index is 9.39. The van der Waals surface area contributed by atoms with Gasteiger partial charge in [0.1, 0.15) is 11.4 Å². The van der Waals surface area contributed by atoms with E-state index >= 15 is 0 Å². The van der Waals surface area contributed by atoms with Crippen molar-refractivity contribution >= 4 is 17.4 Å². The first-order valence-corrected chi connectivity index (χ1v) is 6.64. The van der Waals surface area contributed by atoms with E-state index in [0.29, 0.717) is 5.75 Å². The molecule has 0 aliphatic carbocycles. The molecule has 4 heteroatoms. The van der Waals surface area contributed by atoms with Crippen LogP contribution in [0.25, 0.3) is 5.65 Å². The Morgan fingerprint density at radius 1 is 1.17 bits per heavy atom. The Labute approximate surface area is 109 Å². The number of hydrogen-bond acceptors (Lipinski definition) is 3. The number of benzene rings is 1. The van der Waals surface area contributed by atoms with Crippen molar-refractivity contribution in [1.82, 2.24) is 9.38 Å². The van der Waals surface area contributed by atoms with Crippen molar-refractivity contribution in [2.24, 2.45) is 0 Å². The molecule has 0 aliphatic rings. The number of fused-ring (bicyclic) bond motifs is 1. The Bertz CT molecular complexity index is 645. The van der Waals surface area contributed by atoms with Gasteiger partial charge in [0.05, 0.1) is 5.69 Å². The number of pyridine rings is 1. The van der Waals surface area contributed by atoms with Crippen molar-refractivity contribution in [3.63, 3.8) is 0 Å². The summed E-state index contributed by atoms with van der Waals surface area (Å²) in [6.45, 7) is 0. The lowest BCUT2D eigenvalue weighted by Gasteiger charge is -1.99. The van der Waals surface area contributed by atoms with Crippen molar-refractivity contribution in [1.29, 1.82) is 0 Å². The second kappa shape index (κ2) is 4.74. The van der Waals surface area contributed by atoms with Crippen LogP contribution in [0.15, 0.2) is 59.8 Å². The third kappa shape index (κ3) is 2.33. The smallest absolute Gasteiger partial charge is 0.137 e. The van der Waals surface area contributed by atoms with Crippen LogP contribution in [0.4, 0.5) is 0 Å². The van der Waals surface area contributed by atoms with Gasteiger partial charge in [-0.1, -0.05) is 12.1 Å². The highest BCUT2D eigenvalue weighted by Gasteiger charge is 2.02. The summed E-state index contributed by atoms with van der Waals surface area (Å²) in [7, 11) is 0. The molecule has 0 amide bonds. The Balaban J connectivity index is 1.76. The van der Waals surface area contributed by atoms with Gasteiger partial charge in [0.15, 0.2) is 0 Å². The normalized spacial score (nSPS) is 10.9. The minimum absolute atomic E-state index is 0.301. The van der Waals surface area contributed by atoms with Crippen molar-refractivity contribution in [2.45, 2.75) is 10.6 Å². The van der Waals surface area contributed by atoms with Gasteiger partial charge in [-0.2, -0.15) is 0 Å². The van der Waals surface area contributed by atoms with Crippen molar-refractivity contribution in [3.8, 4) is 5.75 Å². The van der Waals surface area contributed by atoms with Gasteiger partial charge in [0, 0.05) is 23.0 Å². The molecular formula is C14H12N2OS. The third-order valence-electron chi connectivity index (χ3n) is 2.62. The second-order valence-corrected chi connectivity index (χ2v) is 5.03. The number of aromatic nitrogens is 2. The fourth-order valence-electron chi connectivity index (χ4n) is 1.79. The van der Waals surface area contributed by atoms with E-state index < -0.39 is 0 Å². The van der Waals surface area contributed by atoms with Crippen LogP contribution < -0.4 is 0 Å². The Kier molecular flexibility index (Phi) is 2.94. The summed E-state index contributed by atoms with van der Waals surface area (Å²) in [5, 5.41) is 9.39. The van der Waals surface area contributed by atoms with Crippen LogP contribution in [0.1, 0.15) is 5.69 Å². The zero-order valence-corrected chi connectivity index (χ0v) is 10.5. The lowest BCUT2D eigenvalue weighted by atomic mass is 10.3. The topological polar surface area (TPSA) is 37.5 Å². The number of nitrogens with zero attached hydrogens (tertiary/aromatic N) is 2. The van der Waals surface area contributed by atoms with Gasteiger partial charge in [-0.3, -0.25) is 0 Å². The molecule has 0 spiro atoms. The quantitative estimate of drug-likeness (QED) is 0.730. The molecule has 2 aromatic heterocycles. The number of imidazole rings is 1. The highest BCUT2D eigenvalue weighted by Crippen LogP contribution is 2.25. The molecule has 0 aliphatic heterocycles. The average Bonchev–Trinajstić information content (AvgIpc) is 2.79.